The third-order valence-electron chi connectivity index (χ3n) is 3.58. The summed E-state index contributed by atoms with van der Waals surface area (Å²) in [5.74, 6) is -0.649. The van der Waals surface area contributed by atoms with E-state index in [0.29, 0.717) is 18.0 Å². The average molecular weight is 281 g/mol. The van der Waals surface area contributed by atoms with Gasteiger partial charge in [-0.05, 0) is 38.6 Å². The van der Waals surface area contributed by atoms with Crippen LogP contribution in [0.3, 0.4) is 0 Å². The van der Waals surface area contributed by atoms with Gasteiger partial charge in [-0.2, -0.15) is 0 Å². The van der Waals surface area contributed by atoms with Crippen LogP contribution in [0.1, 0.15) is 13.3 Å². The lowest BCUT2D eigenvalue weighted by atomic mass is 10.1. The lowest BCUT2D eigenvalue weighted by Crippen LogP contribution is -2.41. The van der Waals surface area contributed by atoms with E-state index in [4.69, 9.17) is 10.5 Å². The summed E-state index contributed by atoms with van der Waals surface area (Å²) in [6.07, 6.45) is 1.03. The molecule has 0 bridgehead atoms. The highest BCUT2D eigenvalue weighted by atomic mass is 19.1. The Bertz CT molecular complexity index is 495. The summed E-state index contributed by atoms with van der Waals surface area (Å²) in [5, 5.41) is 2.63. The molecule has 1 fully saturated rings. The molecular formula is C14H20FN3O2. The minimum atomic E-state index is -0.430. The van der Waals surface area contributed by atoms with Gasteiger partial charge in [0.05, 0.1) is 24.0 Å². The molecule has 5 nitrogen and oxygen atoms in total. The highest BCUT2D eigenvalue weighted by Crippen LogP contribution is 2.20. The number of carbonyl (C=O) groups is 1. The van der Waals surface area contributed by atoms with E-state index in [9.17, 15) is 9.18 Å². The fraction of sp³-hybridized carbons (Fsp3) is 0.500. The average Bonchev–Trinajstić information content (AvgIpc) is 2.80. The van der Waals surface area contributed by atoms with Gasteiger partial charge >= 0.3 is 0 Å². The Kier molecular flexibility index (Phi) is 4.57. The number of amides is 1. The first-order chi connectivity index (χ1) is 9.47. The smallest absolute Gasteiger partial charge is 0.238 e. The molecule has 1 saturated heterocycles. The maximum absolute atomic E-state index is 13.1. The number of nitrogens with two attached hydrogens (primary N) is 1. The van der Waals surface area contributed by atoms with Crippen LogP contribution >= 0.6 is 0 Å². The molecule has 110 valence electrons. The second-order valence-corrected chi connectivity index (χ2v) is 5.13. The minimum Gasteiger partial charge on any atom is -0.397 e. The van der Waals surface area contributed by atoms with Gasteiger partial charge in [0.1, 0.15) is 5.82 Å². The van der Waals surface area contributed by atoms with Crippen LogP contribution in [0.25, 0.3) is 0 Å². The van der Waals surface area contributed by atoms with E-state index in [0.717, 1.165) is 6.42 Å². The third kappa shape index (κ3) is 3.46. The van der Waals surface area contributed by atoms with Crippen molar-refractivity contribution < 1.29 is 13.9 Å². The molecule has 3 N–H and O–H groups in total. The molecule has 1 heterocycles. The van der Waals surface area contributed by atoms with Crippen LogP contribution in [-0.2, 0) is 9.53 Å². The third-order valence-corrected chi connectivity index (χ3v) is 3.58. The topological polar surface area (TPSA) is 67.6 Å². The zero-order chi connectivity index (χ0) is 14.7. The molecule has 1 aromatic carbocycles. The van der Waals surface area contributed by atoms with Gasteiger partial charge < -0.3 is 15.8 Å². The van der Waals surface area contributed by atoms with E-state index in [1.54, 1.807) is 0 Å². The van der Waals surface area contributed by atoms with Crippen molar-refractivity contribution in [1.82, 2.24) is 4.90 Å². The number of carbonyl (C=O) groups excluding carboxylic acids is 1. The Hall–Kier alpha value is -1.66. The van der Waals surface area contributed by atoms with Crippen molar-refractivity contribution in [1.29, 1.82) is 0 Å². The van der Waals surface area contributed by atoms with Gasteiger partial charge in [-0.1, -0.05) is 0 Å². The second kappa shape index (κ2) is 6.19. The maximum atomic E-state index is 13.1. The summed E-state index contributed by atoms with van der Waals surface area (Å²) in [7, 11) is 1.88. The fourth-order valence-electron chi connectivity index (χ4n) is 2.47. The molecule has 1 aliphatic heterocycles. The summed E-state index contributed by atoms with van der Waals surface area (Å²) in [6.45, 7) is 2.93. The lowest BCUT2D eigenvalue weighted by Gasteiger charge is -2.25. The molecule has 6 heteroatoms. The van der Waals surface area contributed by atoms with Crippen LogP contribution in [0.4, 0.5) is 15.8 Å². The molecule has 1 aromatic rings. The van der Waals surface area contributed by atoms with Crippen LogP contribution in [0.15, 0.2) is 18.2 Å². The van der Waals surface area contributed by atoms with Crippen LogP contribution in [0.2, 0.25) is 0 Å². The predicted molar refractivity (Wildman–Crippen MR) is 75.9 cm³/mol. The number of likely N-dealkylation sites (N-methyl/N-ethyl adjacent to an activating group) is 1. The van der Waals surface area contributed by atoms with Crippen molar-refractivity contribution in [3.8, 4) is 0 Å². The molecule has 0 aliphatic carbocycles. The summed E-state index contributed by atoms with van der Waals surface area (Å²) in [4.78, 5) is 13.9. The lowest BCUT2D eigenvalue weighted by molar-refractivity contribution is -0.117. The Morgan fingerprint density at radius 1 is 1.60 bits per heavy atom. The largest absolute Gasteiger partial charge is 0.397 e. The van der Waals surface area contributed by atoms with E-state index in [-0.39, 0.29) is 24.6 Å². The maximum Gasteiger partial charge on any atom is 0.238 e. The molecule has 20 heavy (non-hydrogen) atoms. The SMILES string of the molecule is CC1OCCC1N(C)CC(=O)Nc1cc(F)ccc1N. The Balaban J connectivity index is 1.93. The van der Waals surface area contributed by atoms with Crippen LogP contribution in [-0.4, -0.2) is 43.2 Å². The zero-order valence-electron chi connectivity index (χ0n) is 11.7. The van der Waals surface area contributed by atoms with E-state index in [1.807, 2.05) is 18.9 Å². The van der Waals surface area contributed by atoms with Crippen molar-refractivity contribution in [3.63, 3.8) is 0 Å². The van der Waals surface area contributed by atoms with Crippen LogP contribution < -0.4 is 11.1 Å². The molecular weight excluding hydrogens is 261 g/mol. The number of nitrogens with zero attached hydrogens (tertiary/aromatic N) is 1. The summed E-state index contributed by atoms with van der Waals surface area (Å²) in [5.41, 5.74) is 6.35. The number of nitrogen functional groups attached to an aromatic ring is 1. The molecule has 0 aromatic heterocycles. The van der Waals surface area contributed by atoms with Crippen molar-refractivity contribution in [2.45, 2.75) is 25.5 Å². The van der Waals surface area contributed by atoms with Gasteiger partial charge in [0.15, 0.2) is 0 Å². The number of hydrogen-bond donors (Lipinski definition) is 2. The summed E-state index contributed by atoms with van der Waals surface area (Å²) >= 11 is 0. The van der Waals surface area contributed by atoms with E-state index in [1.165, 1.54) is 18.2 Å². The molecule has 0 spiro atoms. The quantitative estimate of drug-likeness (QED) is 0.820. The van der Waals surface area contributed by atoms with Crippen molar-refractivity contribution in [2.75, 3.05) is 31.2 Å². The van der Waals surface area contributed by atoms with Gasteiger partial charge in [-0.15, -0.1) is 0 Å². The monoisotopic (exact) mass is 281 g/mol. The number of nitrogens with one attached hydrogen (secondary N) is 1. The van der Waals surface area contributed by atoms with Gasteiger partial charge in [0.2, 0.25) is 5.91 Å². The van der Waals surface area contributed by atoms with E-state index >= 15 is 0 Å². The molecule has 2 atom stereocenters. The normalized spacial score (nSPS) is 22.2. The zero-order valence-corrected chi connectivity index (χ0v) is 11.7. The number of benzene rings is 1. The molecule has 1 aliphatic rings. The Labute approximate surface area is 117 Å². The standard InChI is InChI=1S/C14H20FN3O2/c1-9-13(5-6-20-9)18(2)8-14(19)17-12-7-10(15)3-4-11(12)16/h3-4,7,9,13H,5-6,8,16H2,1-2H3,(H,17,19). The highest BCUT2D eigenvalue weighted by molar-refractivity contribution is 5.95. The van der Waals surface area contributed by atoms with Crippen molar-refractivity contribution >= 4 is 17.3 Å². The fourth-order valence-corrected chi connectivity index (χ4v) is 2.47. The molecule has 0 saturated carbocycles. The Morgan fingerprint density at radius 2 is 2.35 bits per heavy atom. The van der Waals surface area contributed by atoms with Crippen molar-refractivity contribution in [3.05, 3.63) is 24.0 Å². The van der Waals surface area contributed by atoms with Gasteiger partial charge in [0, 0.05) is 12.6 Å². The highest BCUT2D eigenvalue weighted by Gasteiger charge is 2.28. The van der Waals surface area contributed by atoms with Crippen molar-refractivity contribution in [2.24, 2.45) is 0 Å². The van der Waals surface area contributed by atoms with Crippen LogP contribution in [0.5, 0.6) is 0 Å². The minimum absolute atomic E-state index is 0.118. The molecule has 2 rings (SSSR count). The van der Waals surface area contributed by atoms with E-state index in [2.05, 4.69) is 5.32 Å². The first-order valence-electron chi connectivity index (χ1n) is 6.64. The summed E-state index contributed by atoms with van der Waals surface area (Å²) < 4.78 is 18.6. The predicted octanol–water partition coefficient (Wildman–Crippen LogP) is 1.46. The molecule has 0 radical (unpaired) electrons. The number of rotatable bonds is 4. The van der Waals surface area contributed by atoms with Crippen LogP contribution in [0, 0.1) is 5.82 Å². The number of halogens is 1. The number of ether oxygens (including phenoxy) is 1. The summed E-state index contributed by atoms with van der Waals surface area (Å²) in [6, 6.07) is 4.13. The number of anilines is 2. The number of hydrogen-bond acceptors (Lipinski definition) is 4. The first kappa shape index (κ1) is 14.7. The van der Waals surface area contributed by atoms with Gasteiger partial charge in [-0.25, -0.2) is 4.39 Å². The van der Waals surface area contributed by atoms with Gasteiger partial charge in [0.25, 0.3) is 0 Å². The first-order valence-corrected chi connectivity index (χ1v) is 6.64. The molecule has 1 amide bonds. The molecule has 2 unspecified atom stereocenters. The van der Waals surface area contributed by atoms with E-state index < -0.39 is 5.82 Å². The van der Waals surface area contributed by atoms with Gasteiger partial charge in [-0.3, -0.25) is 9.69 Å². The Morgan fingerprint density at radius 3 is 3.00 bits per heavy atom. The second-order valence-electron chi connectivity index (χ2n) is 5.13.